The lowest BCUT2D eigenvalue weighted by molar-refractivity contribution is -0.137. The topological polar surface area (TPSA) is 248 Å². The van der Waals surface area contributed by atoms with E-state index in [1.54, 1.807) is 78.9 Å². The molecular weight excluding hydrogens is 1150 g/mol. The molecule has 2 aromatic heterocycles. The van der Waals surface area contributed by atoms with Gasteiger partial charge in [0.25, 0.3) is 0 Å². The van der Waals surface area contributed by atoms with Gasteiger partial charge in [-0.15, -0.1) is 0 Å². The standard InChI is InChI=1S/C77H33F3N12/c78-77(79,80)59-11-17-64(58(28-59)43-90)53-6-16-65(76(33-53)92-74-21-9-51(62-14-3-46(36-83)25-56(62)41-88)31-69(74)70-32-52(10-22-75(70)92)63-15-4-47(37-84)26-57(63)42-89)66-27-48(38-85)5-18-71(66)91-72-19-7-49(60-12-1-44(34-81)23-54(60)39-86)29-67(72)68-30-50(8-20-73(68)91)61-13-2-45(35-82)24-55(61)40-87/h1-33H. The van der Waals surface area contributed by atoms with E-state index in [1.165, 1.54) is 30.3 Å². The van der Waals surface area contributed by atoms with Gasteiger partial charge in [0.2, 0.25) is 0 Å². The van der Waals surface area contributed by atoms with Crippen LogP contribution in [0, 0.1) is 113 Å². The quantitative estimate of drug-likeness (QED) is 0.139. The molecule has 13 aromatic rings. The number of halogens is 3. The van der Waals surface area contributed by atoms with Crippen molar-refractivity contribution in [3.8, 4) is 139 Å². The summed E-state index contributed by atoms with van der Waals surface area (Å²) >= 11 is 0. The maximum Gasteiger partial charge on any atom is 0.416 e. The second-order valence-corrected chi connectivity index (χ2v) is 21.5. The normalized spacial score (nSPS) is 10.9. The summed E-state index contributed by atoms with van der Waals surface area (Å²) in [5.41, 5.74) is 11.0. The van der Waals surface area contributed by atoms with Gasteiger partial charge >= 0.3 is 6.18 Å². The van der Waals surface area contributed by atoms with Crippen molar-refractivity contribution in [2.75, 3.05) is 0 Å². The second-order valence-electron chi connectivity index (χ2n) is 21.5. The van der Waals surface area contributed by atoms with Gasteiger partial charge in [0.1, 0.15) is 0 Å². The van der Waals surface area contributed by atoms with Crippen LogP contribution in [0.2, 0.25) is 0 Å². The van der Waals surface area contributed by atoms with E-state index in [1.807, 2.05) is 94.1 Å². The Hall–Kier alpha value is -14.3. The first-order chi connectivity index (χ1) is 44.7. The maximum atomic E-state index is 14.3. The molecule has 13 rings (SSSR count). The summed E-state index contributed by atoms with van der Waals surface area (Å²) in [5, 5.41) is 105. The molecular formula is C77H33F3N12. The number of hydrogen-bond donors (Lipinski definition) is 0. The lowest BCUT2D eigenvalue weighted by Gasteiger charge is -2.20. The Morgan fingerprint density at radius 3 is 0.859 bits per heavy atom. The van der Waals surface area contributed by atoms with Gasteiger partial charge in [0, 0.05) is 32.7 Å². The minimum absolute atomic E-state index is 0.192. The first-order valence-electron chi connectivity index (χ1n) is 28.0. The SMILES string of the molecule is N#Cc1ccc(-c2ccc3c(c2)c2cc(-c4ccc(C#N)cc4C#N)ccc2n3-c2ccc(C#N)cc2-c2ccc(-c3ccc(C(F)(F)F)cc3C#N)cc2-n2c3ccc(-c4ccc(C#N)cc4C#N)cc3c3cc(-c4ccc(C#N)cc4C#N)ccc32)c(C#N)c1. The molecule has 0 saturated carbocycles. The van der Waals surface area contributed by atoms with E-state index in [2.05, 4.69) is 54.6 Å². The van der Waals surface area contributed by atoms with Crippen LogP contribution in [0.25, 0.3) is 122 Å². The summed E-state index contributed by atoms with van der Waals surface area (Å²) in [7, 11) is 0. The van der Waals surface area contributed by atoms with Crippen molar-refractivity contribution in [1.82, 2.24) is 9.13 Å². The average molecular weight is 1180 g/mol. The van der Waals surface area contributed by atoms with Crippen LogP contribution in [-0.4, -0.2) is 9.13 Å². The van der Waals surface area contributed by atoms with Gasteiger partial charge in [-0.1, -0.05) is 66.7 Å². The Morgan fingerprint density at radius 2 is 0.522 bits per heavy atom. The average Bonchev–Trinajstić information content (AvgIpc) is 1.55. The van der Waals surface area contributed by atoms with Crippen LogP contribution in [0.4, 0.5) is 13.2 Å². The van der Waals surface area contributed by atoms with E-state index in [0.29, 0.717) is 127 Å². The van der Waals surface area contributed by atoms with Gasteiger partial charge in [0.05, 0.1) is 155 Å². The zero-order valence-electron chi connectivity index (χ0n) is 47.6. The molecule has 0 spiro atoms. The Kier molecular flexibility index (Phi) is 13.9. The molecule has 0 amide bonds. The Morgan fingerprint density at radius 1 is 0.239 bits per heavy atom. The van der Waals surface area contributed by atoms with Crippen LogP contribution >= 0.6 is 0 Å². The van der Waals surface area contributed by atoms with E-state index in [4.69, 9.17) is 0 Å². The van der Waals surface area contributed by atoms with Crippen molar-refractivity contribution in [1.29, 1.82) is 52.6 Å². The van der Waals surface area contributed by atoms with Gasteiger partial charge in [-0.25, -0.2) is 0 Å². The van der Waals surface area contributed by atoms with Crippen LogP contribution in [0.15, 0.2) is 200 Å². The number of nitriles is 10. The number of nitrogens with zero attached hydrogens (tertiary/aromatic N) is 12. The van der Waals surface area contributed by atoms with E-state index in [0.717, 1.165) is 12.1 Å². The first-order valence-corrected chi connectivity index (χ1v) is 28.0. The molecule has 0 saturated heterocycles. The summed E-state index contributed by atoms with van der Waals surface area (Å²) in [6, 6.07) is 77.2. The van der Waals surface area contributed by atoms with Gasteiger partial charge in [0.15, 0.2) is 0 Å². The van der Waals surface area contributed by atoms with Crippen molar-refractivity contribution in [2.45, 2.75) is 6.18 Å². The predicted molar refractivity (Wildman–Crippen MR) is 340 cm³/mol. The highest BCUT2D eigenvalue weighted by atomic mass is 19.4. The van der Waals surface area contributed by atoms with Gasteiger partial charge in [-0.3, -0.25) is 0 Å². The molecule has 0 N–H and O–H groups in total. The fraction of sp³-hybridized carbons (Fsp3) is 0.0130. The highest BCUT2D eigenvalue weighted by molar-refractivity contribution is 6.14. The smallest absolute Gasteiger partial charge is 0.309 e. The Bertz CT molecular complexity index is 5640. The van der Waals surface area contributed by atoms with Crippen molar-refractivity contribution in [2.24, 2.45) is 0 Å². The molecule has 0 aliphatic heterocycles. The lowest BCUT2D eigenvalue weighted by Crippen LogP contribution is -2.05. The number of alkyl halides is 3. The summed E-state index contributed by atoms with van der Waals surface area (Å²) in [5.74, 6) is 0. The van der Waals surface area contributed by atoms with Gasteiger partial charge < -0.3 is 9.13 Å². The minimum atomic E-state index is -4.76. The molecule has 92 heavy (non-hydrogen) atoms. The van der Waals surface area contributed by atoms with Crippen LogP contribution in [0.3, 0.4) is 0 Å². The van der Waals surface area contributed by atoms with Crippen LogP contribution in [0.5, 0.6) is 0 Å². The zero-order valence-corrected chi connectivity index (χ0v) is 47.6. The molecule has 2 heterocycles. The Balaban J connectivity index is 1.14. The van der Waals surface area contributed by atoms with Crippen molar-refractivity contribution >= 4 is 43.6 Å². The molecule has 0 aliphatic rings. The molecule has 11 aromatic carbocycles. The first kappa shape index (κ1) is 56.8. The Labute approximate surface area is 522 Å². The highest BCUT2D eigenvalue weighted by Gasteiger charge is 2.32. The summed E-state index contributed by atoms with van der Waals surface area (Å²) < 4.78 is 47.0. The second kappa shape index (κ2) is 22.5. The fourth-order valence-electron chi connectivity index (χ4n) is 12.3. The highest BCUT2D eigenvalue weighted by Crippen LogP contribution is 2.46. The fourth-order valence-corrected chi connectivity index (χ4v) is 12.3. The molecule has 0 aliphatic carbocycles. The minimum Gasteiger partial charge on any atom is -0.309 e. The third kappa shape index (κ3) is 9.52. The molecule has 0 atom stereocenters. The molecule has 12 nitrogen and oxygen atoms in total. The van der Waals surface area contributed by atoms with Crippen LogP contribution < -0.4 is 0 Å². The lowest BCUT2D eigenvalue weighted by atomic mass is 9.93. The van der Waals surface area contributed by atoms with Crippen LogP contribution in [0.1, 0.15) is 61.2 Å². The summed E-state index contributed by atoms with van der Waals surface area (Å²) in [6.45, 7) is 0. The van der Waals surface area contributed by atoms with Crippen molar-refractivity contribution < 1.29 is 13.2 Å². The van der Waals surface area contributed by atoms with Crippen molar-refractivity contribution in [3.63, 3.8) is 0 Å². The van der Waals surface area contributed by atoms with E-state index >= 15 is 0 Å². The molecule has 0 radical (unpaired) electrons. The maximum absolute atomic E-state index is 14.3. The predicted octanol–water partition coefficient (Wildman–Crippen LogP) is 17.6. The summed E-state index contributed by atoms with van der Waals surface area (Å²) in [6.07, 6.45) is -4.76. The van der Waals surface area contributed by atoms with E-state index in [-0.39, 0.29) is 50.1 Å². The molecule has 0 bridgehead atoms. The van der Waals surface area contributed by atoms with Crippen LogP contribution in [-0.2, 0) is 6.18 Å². The monoisotopic (exact) mass is 1180 g/mol. The molecule has 15 heteroatoms. The van der Waals surface area contributed by atoms with Gasteiger partial charge in [-0.05, 0) is 189 Å². The van der Waals surface area contributed by atoms with E-state index < -0.39 is 11.7 Å². The van der Waals surface area contributed by atoms with Crippen molar-refractivity contribution in [3.05, 3.63) is 261 Å². The number of rotatable bonds is 8. The molecule has 0 unspecified atom stereocenters. The largest absolute Gasteiger partial charge is 0.416 e. The molecule has 0 fully saturated rings. The van der Waals surface area contributed by atoms with E-state index in [9.17, 15) is 65.8 Å². The number of hydrogen-bond acceptors (Lipinski definition) is 10. The third-order valence-corrected chi connectivity index (χ3v) is 16.5. The third-order valence-electron chi connectivity index (χ3n) is 16.5. The number of fused-ring (bicyclic) bond motifs is 6. The molecule has 422 valence electrons. The summed E-state index contributed by atoms with van der Waals surface area (Å²) in [4.78, 5) is 0. The zero-order chi connectivity index (χ0) is 64.1. The number of benzene rings is 11. The number of aromatic nitrogens is 2. The van der Waals surface area contributed by atoms with Gasteiger partial charge in [-0.2, -0.15) is 65.8 Å².